The van der Waals surface area contributed by atoms with Crippen molar-refractivity contribution in [2.45, 2.75) is 59.3 Å². The number of benzene rings is 1. The first-order valence-corrected chi connectivity index (χ1v) is 8.59. The molecule has 0 fully saturated rings. The van der Waals surface area contributed by atoms with Crippen LogP contribution in [0, 0.1) is 0 Å². The topological polar surface area (TPSA) is 37.3 Å². The molecule has 0 atom stereocenters. The fraction of sp³-hybridized carbons (Fsp3) is 0.526. The third-order valence-corrected chi connectivity index (χ3v) is 4.26. The van der Waals surface area contributed by atoms with Gasteiger partial charge in [0.2, 0.25) is 0 Å². The summed E-state index contributed by atoms with van der Waals surface area (Å²) < 4.78 is 0. The predicted molar refractivity (Wildman–Crippen MR) is 97.7 cm³/mol. The van der Waals surface area contributed by atoms with Crippen LogP contribution >= 0.6 is 11.8 Å². The zero-order chi connectivity index (χ0) is 17.1. The van der Waals surface area contributed by atoms with Crippen LogP contribution in [0.4, 0.5) is 0 Å². The molecule has 0 heterocycles. The van der Waals surface area contributed by atoms with Gasteiger partial charge in [0.1, 0.15) is 5.75 Å². The molecule has 0 aromatic heterocycles. The van der Waals surface area contributed by atoms with Gasteiger partial charge in [-0.25, -0.2) is 0 Å². The van der Waals surface area contributed by atoms with Crippen molar-refractivity contribution in [1.29, 1.82) is 0 Å². The summed E-state index contributed by atoms with van der Waals surface area (Å²) in [5.74, 6) is 0.962. The maximum absolute atomic E-state index is 11.0. The largest absolute Gasteiger partial charge is 0.507 e. The molecule has 0 spiro atoms. The fourth-order valence-electron chi connectivity index (χ4n) is 2.13. The van der Waals surface area contributed by atoms with E-state index in [9.17, 15) is 9.90 Å². The zero-order valence-electron chi connectivity index (χ0n) is 14.8. The lowest BCUT2D eigenvalue weighted by Crippen LogP contribution is -2.17. The molecule has 1 aromatic rings. The minimum atomic E-state index is -0.123. The summed E-state index contributed by atoms with van der Waals surface area (Å²) in [5.41, 5.74) is 2.88. The van der Waals surface area contributed by atoms with Gasteiger partial charge in [0.25, 0.3) is 0 Å². The number of phenols is 1. The number of hydrogen-bond donors (Lipinski definition) is 1. The lowest BCUT2D eigenvalue weighted by molar-refractivity contribution is -0.109. The zero-order valence-corrected chi connectivity index (χ0v) is 15.6. The van der Waals surface area contributed by atoms with Crippen LogP contribution in [0.3, 0.4) is 0 Å². The van der Waals surface area contributed by atoms with Gasteiger partial charge in [-0.3, -0.25) is 4.79 Å². The summed E-state index contributed by atoms with van der Waals surface area (Å²) in [7, 11) is 0. The molecule has 0 unspecified atom stereocenters. The molecule has 0 saturated heterocycles. The Morgan fingerprint density at radius 1 is 1.14 bits per heavy atom. The summed E-state index contributed by atoms with van der Waals surface area (Å²) >= 11 is 1.27. The van der Waals surface area contributed by atoms with Crippen LogP contribution in [0.25, 0.3) is 6.08 Å². The molecule has 0 bridgehead atoms. The number of thioether (sulfide) groups is 1. The number of carbonyl (C=O) groups is 1. The average Bonchev–Trinajstić information content (AvgIpc) is 2.33. The average molecular weight is 320 g/mol. The maximum atomic E-state index is 11.0. The molecule has 3 heteroatoms. The molecule has 1 rings (SSSR count). The van der Waals surface area contributed by atoms with E-state index >= 15 is 0 Å². The van der Waals surface area contributed by atoms with Crippen LogP contribution in [0.15, 0.2) is 18.2 Å². The van der Waals surface area contributed by atoms with E-state index in [-0.39, 0.29) is 15.9 Å². The van der Waals surface area contributed by atoms with Gasteiger partial charge in [-0.15, -0.1) is 0 Å². The fourth-order valence-corrected chi connectivity index (χ4v) is 2.56. The Balaban J connectivity index is 3.28. The third-order valence-electron chi connectivity index (χ3n) is 3.49. The first-order valence-electron chi connectivity index (χ1n) is 7.61. The number of hydrogen-bond acceptors (Lipinski definition) is 3. The van der Waals surface area contributed by atoms with Crippen molar-refractivity contribution in [3.05, 3.63) is 34.9 Å². The second kappa shape index (κ2) is 6.91. The van der Waals surface area contributed by atoms with E-state index in [1.54, 1.807) is 6.92 Å². The molecule has 122 valence electrons. The van der Waals surface area contributed by atoms with Crippen LogP contribution < -0.4 is 0 Å². The highest BCUT2D eigenvalue weighted by atomic mass is 32.2. The van der Waals surface area contributed by atoms with Gasteiger partial charge in [0, 0.05) is 23.8 Å². The molecule has 22 heavy (non-hydrogen) atoms. The Kier molecular flexibility index (Phi) is 5.91. The molecule has 0 saturated carbocycles. The van der Waals surface area contributed by atoms with E-state index in [2.05, 4.69) is 47.6 Å². The van der Waals surface area contributed by atoms with Crippen molar-refractivity contribution in [2.75, 3.05) is 5.75 Å². The monoisotopic (exact) mass is 320 g/mol. The quantitative estimate of drug-likeness (QED) is 0.823. The molecule has 2 nitrogen and oxygen atoms in total. The molecule has 0 amide bonds. The maximum Gasteiger partial charge on any atom is 0.186 e. The van der Waals surface area contributed by atoms with Crippen molar-refractivity contribution in [3.8, 4) is 5.75 Å². The van der Waals surface area contributed by atoms with E-state index in [4.69, 9.17) is 0 Å². The first kappa shape index (κ1) is 18.8. The minimum Gasteiger partial charge on any atom is -0.507 e. The number of carbonyl (C=O) groups excluding carboxylic acids is 1. The molecule has 0 aliphatic carbocycles. The normalized spacial score (nSPS) is 12.9. The van der Waals surface area contributed by atoms with Crippen LogP contribution in [0.5, 0.6) is 5.75 Å². The molecule has 0 aliphatic rings. The highest BCUT2D eigenvalue weighted by Gasteiger charge is 2.24. The predicted octanol–water partition coefficient (Wildman–Crippen LogP) is 5.28. The summed E-state index contributed by atoms with van der Waals surface area (Å²) in [6, 6.07) is 4.15. The Hall–Kier alpha value is -1.22. The van der Waals surface area contributed by atoms with Gasteiger partial charge < -0.3 is 5.11 Å². The standard InChI is InChI=1S/C19H28O2S/c1-13(20)22-10-8-9-14-11-15(18(2,3)4)12-16(17(14)21)19(5,6)7/h8-9,11-12,21H,10H2,1-7H3. The number of phenolic OH excluding ortho intramolecular Hbond substituents is 1. The summed E-state index contributed by atoms with van der Waals surface area (Å²) in [6.45, 7) is 14.4. The highest BCUT2D eigenvalue weighted by molar-refractivity contribution is 8.13. The summed E-state index contributed by atoms with van der Waals surface area (Å²) in [5, 5.41) is 10.7. The Morgan fingerprint density at radius 3 is 2.18 bits per heavy atom. The SMILES string of the molecule is CC(=O)SCC=Cc1cc(C(C)(C)C)cc(C(C)(C)C)c1O. The molecular formula is C19H28O2S. The molecule has 1 N–H and O–H groups in total. The van der Waals surface area contributed by atoms with Crippen molar-refractivity contribution < 1.29 is 9.90 Å². The third kappa shape index (κ3) is 5.20. The van der Waals surface area contributed by atoms with Crippen molar-refractivity contribution in [3.63, 3.8) is 0 Å². The molecular weight excluding hydrogens is 292 g/mol. The Morgan fingerprint density at radius 2 is 1.73 bits per heavy atom. The molecule has 0 radical (unpaired) electrons. The van der Waals surface area contributed by atoms with Crippen molar-refractivity contribution in [1.82, 2.24) is 0 Å². The molecule has 0 aliphatic heterocycles. The Bertz CT molecular complexity index is 572. The second-order valence-corrected chi connectivity index (χ2v) is 8.86. The van der Waals surface area contributed by atoms with Gasteiger partial charge >= 0.3 is 0 Å². The summed E-state index contributed by atoms with van der Waals surface area (Å²) in [6.07, 6.45) is 3.84. The van der Waals surface area contributed by atoms with Gasteiger partial charge in [-0.1, -0.05) is 71.5 Å². The van der Waals surface area contributed by atoms with Gasteiger partial charge in [-0.05, 0) is 22.5 Å². The smallest absolute Gasteiger partial charge is 0.186 e. The van der Waals surface area contributed by atoms with Crippen molar-refractivity contribution >= 4 is 23.0 Å². The van der Waals surface area contributed by atoms with E-state index in [1.807, 2.05) is 18.2 Å². The van der Waals surface area contributed by atoms with E-state index in [0.717, 1.165) is 11.1 Å². The van der Waals surface area contributed by atoms with Gasteiger partial charge in [0.05, 0.1) is 0 Å². The van der Waals surface area contributed by atoms with E-state index < -0.39 is 0 Å². The van der Waals surface area contributed by atoms with Crippen LogP contribution in [0.1, 0.15) is 65.2 Å². The van der Waals surface area contributed by atoms with Crippen LogP contribution in [-0.2, 0) is 15.6 Å². The second-order valence-electron chi connectivity index (χ2n) is 7.67. The van der Waals surface area contributed by atoms with E-state index in [1.165, 1.54) is 17.3 Å². The van der Waals surface area contributed by atoms with Gasteiger partial charge in [-0.2, -0.15) is 0 Å². The number of rotatable bonds is 3. The summed E-state index contributed by atoms with van der Waals surface area (Å²) in [4.78, 5) is 11.0. The van der Waals surface area contributed by atoms with Crippen LogP contribution in [0.2, 0.25) is 0 Å². The minimum absolute atomic E-state index is 0.0183. The lowest BCUT2D eigenvalue weighted by atomic mass is 9.79. The van der Waals surface area contributed by atoms with Crippen molar-refractivity contribution in [2.24, 2.45) is 0 Å². The Labute approximate surface area is 139 Å². The van der Waals surface area contributed by atoms with E-state index in [0.29, 0.717) is 11.5 Å². The lowest BCUT2D eigenvalue weighted by Gasteiger charge is -2.27. The van der Waals surface area contributed by atoms with Crippen LogP contribution in [-0.4, -0.2) is 16.0 Å². The number of aromatic hydroxyl groups is 1. The highest BCUT2D eigenvalue weighted by Crippen LogP contribution is 2.38. The van der Waals surface area contributed by atoms with Gasteiger partial charge in [0.15, 0.2) is 5.12 Å². The molecule has 1 aromatic carbocycles. The first-order chi connectivity index (χ1) is 9.93.